The molecule has 9 heteroatoms. The molecule has 0 bridgehead atoms. The van der Waals surface area contributed by atoms with Crippen molar-refractivity contribution in [2.24, 2.45) is 11.8 Å². The SMILES string of the molecule is CCC(C)CNc1nc(NN)nc(-n2cncn2)n1. The van der Waals surface area contributed by atoms with Crippen LogP contribution in [0.5, 0.6) is 0 Å². The molecule has 0 radical (unpaired) electrons. The van der Waals surface area contributed by atoms with Crippen molar-refractivity contribution in [1.82, 2.24) is 29.7 Å². The van der Waals surface area contributed by atoms with E-state index in [9.17, 15) is 0 Å². The summed E-state index contributed by atoms with van der Waals surface area (Å²) in [6, 6.07) is 0. The van der Waals surface area contributed by atoms with Gasteiger partial charge in [-0.15, -0.1) is 0 Å². The number of hydrazine groups is 1. The van der Waals surface area contributed by atoms with E-state index in [0.717, 1.165) is 13.0 Å². The van der Waals surface area contributed by atoms with Gasteiger partial charge in [-0.05, 0) is 5.92 Å². The molecule has 4 N–H and O–H groups in total. The van der Waals surface area contributed by atoms with Crippen LogP contribution < -0.4 is 16.6 Å². The molecule has 102 valence electrons. The van der Waals surface area contributed by atoms with E-state index in [1.54, 1.807) is 0 Å². The van der Waals surface area contributed by atoms with Crippen molar-refractivity contribution < 1.29 is 0 Å². The quantitative estimate of drug-likeness (QED) is 0.499. The number of hydrogen-bond acceptors (Lipinski definition) is 8. The maximum atomic E-state index is 5.35. The number of rotatable bonds is 6. The zero-order valence-electron chi connectivity index (χ0n) is 10.9. The Morgan fingerprint density at radius 2 is 2.11 bits per heavy atom. The van der Waals surface area contributed by atoms with E-state index in [-0.39, 0.29) is 5.95 Å². The third-order valence-corrected chi connectivity index (χ3v) is 2.68. The molecule has 2 aromatic rings. The van der Waals surface area contributed by atoms with E-state index < -0.39 is 0 Å². The van der Waals surface area contributed by atoms with E-state index in [0.29, 0.717) is 17.8 Å². The number of aromatic nitrogens is 6. The van der Waals surface area contributed by atoms with Crippen molar-refractivity contribution in [1.29, 1.82) is 0 Å². The Kier molecular flexibility index (Phi) is 4.18. The molecule has 2 heterocycles. The Balaban J connectivity index is 2.21. The maximum Gasteiger partial charge on any atom is 0.258 e. The molecule has 0 spiro atoms. The Morgan fingerprint density at radius 3 is 2.74 bits per heavy atom. The number of nitrogens with two attached hydrogens (primary N) is 1. The summed E-state index contributed by atoms with van der Waals surface area (Å²) in [5.74, 6) is 6.95. The minimum atomic E-state index is 0.271. The Hall–Kier alpha value is -2.29. The fourth-order valence-corrected chi connectivity index (χ4v) is 1.33. The molecular weight excluding hydrogens is 246 g/mol. The molecule has 0 aliphatic rings. The molecule has 19 heavy (non-hydrogen) atoms. The van der Waals surface area contributed by atoms with Crippen LogP contribution in [0.3, 0.4) is 0 Å². The van der Waals surface area contributed by atoms with Gasteiger partial charge in [0.15, 0.2) is 0 Å². The van der Waals surface area contributed by atoms with Crippen LogP contribution >= 0.6 is 0 Å². The van der Waals surface area contributed by atoms with Gasteiger partial charge in [-0.25, -0.2) is 10.8 Å². The maximum absolute atomic E-state index is 5.35. The van der Waals surface area contributed by atoms with Gasteiger partial charge in [0.25, 0.3) is 5.95 Å². The molecule has 0 saturated carbocycles. The van der Waals surface area contributed by atoms with Crippen molar-refractivity contribution in [2.75, 3.05) is 17.3 Å². The Morgan fingerprint density at radius 1 is 1.32 bits per heavy atom. The van der Waals surface area contributed by atoms with Crippen molar-refractivity contribution in [3.05, 3.63) is 12.7 Å². The van der Waals surface area contributed by atoms with Gasteiger partial charge in [-0.1, -0.05) is 20.3 Å². The highest BCUT2D eigenvalue weighted by Gasteiger charge is 2.08. The minimum absolute atomic E-state index is 0.271. The van der Waals surface area contributed by atoms with Crippen molar-refractivity contribution in [3.63, 3.8) is 0 Å². The lowest BCUT2D eigenvalue weighted by Crippen LogP contribution is -2.18. The van der Waals surface area contributed by atoms with Crippen LogP contribution in [0.1, 0.15) is 20.3 Å². The van der Waals surface area contributed by atoms with Crippen LogP contribution in [0.2, 0.25) is 0 Å². The van der Waals surface area contributed by atoms with Crippen LogP contribution in [-0.4, -0.2) is 36.3 Å². The van der Waals surface area contributed by atoms with E-state index in [1.165, 1.54) is 17.3 Å². The average molecular weight is 263 g/mol. The van der Waals surface area contributed by atoms with Gasteiger partial charge < -0.3 is 5.32 Å². The molecule has 0 amide bonds. The van der Waals surface area contributed by atoms with E-state index in [1.807, 2.05) is 0 Å². The first-order chi connectivity index (χ1) is 9.22. The molecule has 2 aromatic heterocycles. The van der Waals surface area contributed by atoms with Gasteiger partial charge in [-0.2, -0.15) is 24.7 Å². The molecule has 1 atom stereocenters. The number of nitrogens with zero attached hydrogens (tertiary/aromatic N) is 6. The van der Waals surface area contributed by atoms with Gasteiger partial charge in [0.05, 0.1) is 0 Å². The normalized spacial score (nSPS) is 12.2. The molecular formula is C10H17N9. The van der Waals surface area contributed by atoms with Gasteiger partial charge in [-0.3, -0.25) is 5.43 Å². The highest BCUT2D eigenvalue weighted by molar-refractivity contribution is 5.36. The summed E-state index contributed by atoms with van der Waals surface area (Å²) >= 11 is 0. The molecule has 0 aliphatic carbocycles. The van der Waals surface area contributed by atoms with E-state index >= 15 is 0 Å². The Labute approximate surface area is 110 Å². The first-order valence-corrected chi connectivity index (χ1v) is 6.04. The first kappa shape index (κ1) is 13.1. The standard InChI is InChI=1S/C10H17N9/c1-3-7(2)4-13-8-15-9(18-11)17-10(16-8)19-6-12-5-14-19/h5-7H,3-4,11H2,1-2H3,(H2,13,15,16,17,18). The van der Waals surface area contributed by atoms with Gasteiger partial charge in [0.1, 0.15) is 12.7 Å². The van der Waals surface area contributed by atoms with Crippen LogP contribution in [-0.2, 0) is 0 Å². The van der Waals surface area contributed by atoms with Crippen molar-refractivity contribution in [2.45, 2.75) is 20.3 Å². The number of nitrogen functional groups attached to an aromatic ring is 1. The molecule has 0 fully saturated rings. The molecule has 1 unspecified atom stereocenters. The van der Waals surface area contributed by atoms with Crippen LogP contribution in [0, 0.1) is 5.92 Å². The number of anilines is 2. The van der Waals surface area contributed by atoms with E-state index in [2.05, 4.69) is 49.6 Å². The van der Waals surface area contributed by atoms with Gasteiger partial charge >= 0.3 is 0 Å². The first-order valence-electron chi connectivity index (χ1n) is 6.04. The van der Waals surface area contributed by atoms with Gasteiger partial charge in [0.2, 0.25) is 11.9 Å². The predicted octanol–water partition coefficient (Wildman–Crippen LogP) is 0.196. The van der Waals surface area contributed by atoms with Crippen LogP contribution in [0.25, 0.3) is 5.95 Å². The van der Waals surface area contributed by atoms with Crippen molar-refractivity contribution >= 4 is 11.9 Å². The number of hydrogen-bond donors (Lipinski definition) is 3. The zero-order chi connectivity index (χ0) is 13.7. The lowest BCUT2D eigenvalue weighted by atomic mass is 10.1. The second-order valence-corrected chi connectivity index (χ2v) is 4.16. The number of nitrogens with one attached hydrogen (secondary N) is 2. The third kappa shape index (κ3) is 3.35. The lowest BCUT2D eigenvalue weighted by Gasteiger charge is -2.11. The predicted molar refractivity (Wildman–Crippen MR) is 70.5 cm³/mol. The fourth-order valence-electron chi connectivity index (χ4n) is 1.33. The molecule has 9 nitrogen and oxygen atoms in total. The average Bonchev–Trinajstić information content (AvgIpc) is 2.98. The summed E-state index contributed by atoms with van der Waals surface area (Å²) in [5, 5.41) is 7.12. The van der Waals surface area contributed by atoms with Crippen LogP contribution in [0.15, 0.2) is 12.7 Å². The van der Waals surface area contributed by atoms with Gasteiger partial charge in [0, 0.05) is 6.54 Å². The summed E-state index contributed by atoms with van der Waals surface area (Å²) in [6.45, 7) is 5.06. The highest BCUT2D eigenvalue weighted by Crippen LogP contribution is 2.09. The molecule has 0 aromatic carbocycles. The summed E-state index contributed by atoms with van der Waals surface area (Å²) in [4.78, 5) is 16.4. The smallest absolute Gasteiger partial charge is 0.258 e. The lowest BCUT2D eigenvalue weighted by molar-refractivity contribution is 0.590. The minimum Gasteiger partial charge on any atom is -0.354 e. The largest absolute Gasteiger partial charge is 0.354 e. The summed E-state index contributed by atoms with van der Waals surface area (Å²) < 4.78 is 1.44. The fraction of sp³-hybridized carbons (Fsp3) is 0.500. The second-order valence-electron chi connectivity index (χ2n) is 4.16. The van der Waals surface area contributed by atoms with Crippen molar-refractivity contribution in [3.8, 4) is 5.95 Å². The molecule has 2 rings (SSSR count). The van der Waals surface area contributed by atoms with Crippen LogP contribution in [0.4, 0.5) is 11.9 Å². The summed E-state index contributed by atoms with van der Waals surface area (Å²) in [6.07, 6.45) is 4.00. The summed E-state index contributed by atoms with van der Waals surface area (Å²) in [5.41, 5.74) is 2.41. The summed E-state index contributed by atoms with van der Waals surface area (Å²) in [7, 11) is 0. The topological polar surface area (TPSA) is 119 Å². The third-order valence-electron chi connectivity index (χ3n) is 2.68. The van der Waals surface area contributed by atoms with E-state index in [4.69, 9.17) is 5.84 Å². The Bertz CT molecular complexity index is 510. The molecule has 0 aliphatic heterocycles. The zero-order valence-corrected chi connectivity index (χ0v) is 10.9. The molecule has 0 saturated heterocycles. The second kappa shape index (κ2) is 6.05. The monoisotopic (exact) mass is 263 g/mol. The highest BCUT2D eigenvalue weighted by atomic mass is 15.4.